The molecule has 0 saturated heterocycles. The Bertz CT molecular complexity index is 889. The van der Waals surface area contributed by atoms with Crippen LogP contribution in [-0.2, 0) is 6.18 Å². The molecule has 2 aromatic rings. The minimum Gasteiger partial charge on any atom is -0.349 e. The van der Waals surface area contributed by atoms with Gasteiger partial charge >= 0.3 is 6.18 Å². The number of benzene rings is 2. The molecule has 128 valence electrons. The Balaban J connectivity index is 2.66. The molecule has 0 spiro atoms. The summed E-state index contributed by atoms with van der Waals surface area (Å²) in [6.07, 6.45) is -5.06. The van der Waals surface area contributed by atoms with Gasteiger partial charge in [0.05, 0.1) is 33.1 Å². The van der Waals surface area contributed by atoms with Gasteiger partial charge in [-0.15, -0.1) is 0 Å². The predicted molar refractivity (Wildman–Crippen MR) is 79.2 cm³/mol. The number of hydrogen-bond donors (Lipinski definition) is 1. The second-order valence-electron chi connectivity index (χ2n) is 4.71. The number of nitro benzene ring substituents is 2. The number of nitro groups is 2. The Morgan fingerprint density at radius 3 is 2.08 bits per heavy atom. The molecule has 0 aromatic heterocycles. The zero-order valence-electron chi connectivity index (χ0n) is 12.1. The van der Waals surface area contributed by atoms with Gasteiger partial charge in [0.25, 0.3) is 11.4 Å². The van der Waals surface area contributed by atoms with Crippen molar-refractivity contribution in [2.75, 3.05) is 5.32 Å². The summed E-state index contributed by atoms with van der Waals surface area (Å²) in [5.74, 6) is 0. The molecule has 0 heterocycles. The number of alkyl halides is 3. The van der Waals surface area contributed by atoms with E-state index in [1.807, 2.05) is 6.07 Å². The quantitative estimate of drug-likeness (QED) is 0.652. The van der Waals surface area contributed by atoms with Gasteiger partial charge in [-0.3, -0.25) is 20.2 Å². The first kappa shape index (κ1) is 17.7. The highest BCUT2D eigenvalue weighted by atomic mass is 19.4. The first-order valence-electron chi connectivity index (χ1n) is 6.44. The van der Waals surface area contributed by atoms with Crippen molar-refractivity contribution in [3.8, 4) is 6.07 Å². The number of nitriles is 1. The summed E-state index contributed by atoms with van der Waals surface area (Å²) >= 11 is 0. The summed E-state index contributed by atoms with van der Waals surface area (Å²) in [4.78, 5) is 19.6. The normalized spacial score (nSPS) is 10.8. The SMILES string of the molecule is N#Cc1ccc(Nc2c([N+](=O)[O-])cc([N+](=O)[O-])cc2C(F)(F)F)cc1. The van der Waals surface area contributed by atoms with Gasteiger partial charge in [0.1, 0.15) is 5.69 Å². The van der Waals surface area contributed by atoms with E-state index in [0.717, 1.165) is 0 Å². The van der Waals surface area contributed by atoms with E-state index in [2.05, 4.69) is 5.32 Å². The molecule has 0 atom stereocenters. The highest BCUT2D eigenvalue weighted by Crippen LogP contribution is 2.43. The minimum absolute atomic E-state index is 0.0430. The van der Waals surface area contributed by atoms with Crippen LogP contribution in [0, 0.1) is 31.6 Å². The molecule has 0 unspecified atom stereocenters. The number of anilines is 2. The molecular weight excluding hydrogens is 345 g/mol. The second kappa shape index (κ2) is 6.44. The van der Waals surface area contributed by atoms with E-state index >= 15 is 0 Å². The van der Waals surface area contributed by atoms with E-state index in [-0.39, 0.29) is 17.3 Å². The molecule has 11 heteroatoms. The smallest absolute Gasteiger partial charge is 0.349 e. The Morgan fingerprint density at radius 1 is 1.04 bits per heavy atom. The third-order valence-corrected chi connectivity index (χ3v) is 3.10. The first-order valence-corrected chi connectivity index (χ1v) is 6.44. The van der Waals surface area contributed by atoms with E-state index in [4.69, 9.17) is 5.26 Å². The third kappa shape index (κ3) is 3.81. The standard InChI is InChI=1S/C14H7F3N4O4/c15-14(16,17)11-5-10(20(22)23)6-12(21(24)25)13(11)19-9-3-1-8(7-18)2-4-9/h1-6,19H. The molecule has 2 aromatic carbocycles. The Labute approximate surface area is 137 Å². The largest absolute Gasteiger partial charge is 0.418 e. The molecule has 0 aliphatic rings. The van der Waals surface area contributed by atoms with Gasteiger partial charge in [-0.05, 0) is 24.3 Å². The lowest BCUT2D eigenvalue weighted by molar-refractivity contribution is -0.394. The van der Waals surface area contributed by atoms with Crippen LogP contribution in [0.5, 0.6) is 0 Å². The molecule has 0 saturated carbocycles. The maximum atomic E-state index is 13.2. The fraction of sp³-hybridized carbons (Fsp3) is 0.0714. The van der Waals surface area contributed by atoms with Gasteiger partial charge in [0.15, 0.2) is 0 Å². The van der Waals surface area contributed by atoms with Crippen LogP contribution in [0.1, 0.15) is 11.1 Å². The van der Waals surface area contributed by atoms with Crippen molar-refractivity contribution in [1.29, 1.82) is 5.26 Å². The molecular formula is C14H7F3N4O4. The number of nitrogens with zero attached hydrogens (tertiary/aromatic N) is 3. The van der Waals surface area contributed by atoms with Gasteiger partial charge in [0, 0.05) is 11.8 Å². The predicted octanol–water partition coefficient (Wildman–Crippen LogP) is 4.14. The van der Waals surface area contributed by atoms with Gasteiger partial charge in [-0.1, -0.05) is 0 Å². The summed E-state index contributed by atoms with van der Waals surface area (Å²) in [6, 6.07) is 7.58. The van der Waals surface area contributed by atoms with E-state index in [9.17, 15) is 33.4 Å². The lowest BCUT2D eigenvalue weighted by Gasteiger charge is -2.14. The van der Waals surface area contributed by atoms with Gasteiger partial charge in [-0.25, -0.2) is 0 Å². The monoisotopic (exact) mass is 352 g/mol. The lowest BCUT2D eigenvalue weighted by Crippen LogP contribution is -2.11. The average molecular weight is 352 g/mol. The second-order valence-corrected chi connectivity index (χ2v) is 4.71. The van der Waals surface area contributed by atoms with Crippen molar-refractivity contribution in [2.45, 2.75) is 6.18 Å². The molecule has 0 amide bonds. The summed E-state index contributed by atoms with van der Waals surface area (Å²) in [6.45, 7) is 0. The fourth-order valence-electron chi connectivity index (χ4n) is 1.99. The van der Waals surface area contributed by atoms with Crippen molar-refractivity contribution in [3.63, 3.8) is 0 Å². The highest BCUT2D eigenvalue weighted by Gasteiger charge is 2.39. The van der Waals surface area contributed by atoms with Gasteiger partial charge < -0.3 is 5.32 Å². The van der Waals surface area contributed by atoms with Crippen LogP contribution in [0.4, 0.5) is 35.9 Å². The summed E-state index contributed by atoms with van der Waals surface area (Å²) in [5.41, 5.74) is -4.33. The summed E-state index contributed by atoms with van der Waals surface area (Å²) in [5, 5.41) is 32.8. The Morgan fingerprint density at radius 2 is 1.64 bits per heavy atom. The van der Waals surface area contributed by atoms with Crippen molar-refractivity contribution < 1.29 is 23.0 Å². The molecule has 0 bridgehead atoms. The molecule has 0 aliphatic heterocycles. The fourth-order valence-corrected chi connectivity index (χ4v) is 1.99. The van der Waals surface area contributed by atoms with Crippen molar-refractivity contribution in [1.82, 2.24) is 0 Å². The molecule has 2 rings (SSSR count). The maximum Gasteiger partial charge on any atom is 0.418 e. The summed E-state index contributed by atoms with van der Waals surface area (Å²) < 4.78 is 39.7. The van der Waals surface area contributed by atoms with Crippen LogP contribution < -0.4 is 5.32 Å². The molecule has 0 fully saturated rings. The average Bonchev–Trinajstić information content (AvgIpc) is 2.54. The molecule has 25 heavy (non-hydrogen) atoms. The Hall–Kier alpha value is -3.68. The zero-order valence-corrected chi connectivity index (χ0v) is 12.1. The van der Waals surface area contributed by atoms with Crippen molar-refractivity contribution in [2.24, 2.45) is 0 Å². The number of non-ortho nitro benzene ring substituents is 1. The van der Waals surface area contributed by atoms with Crippen molar-refractivity contribution >= 4 is 22.7 Å². The lowest BCUT2D eigenvalue weighted by atomic mass is 10.1. The number of nitrogens with one attached hydrogen (secondary N) is 1. The molecule has 0 radical (unpaired) electrons. The van der Waals surface area contributed by atoms with Crippen LogP contribution in [0.25, 0.3) is 0 Å². The van der Waals surface area contributed by atoms with Crippen molar-refractivity contribution in [3.05, 3.63) is 67.8 Å². The molecule has 1 N–H and O–H groups in total. The molecule has 8 nitrogen and oxygen atoms in total. The third-order valence-electron chi connectivity index (χ3n) is 3.10. The van der Waals surface area contributed by atoms with Crippen LogP contribution in [0.15, 0.2) is 36.4 Å². The molecule has 0 aliphatic carbocycles. The van der Waals surface area contributed by atoms with E-state index in [0.29, 0.717) is 6.07 Å². The number of rotatable bonds is 4. The minimum atomic E-state index is -5.06. The number of halogens is 3. The topological polar surface area (TPSA) is 122 Å². The van der Waals surface area contributed by atoms with E-state index < -0.39 is 38.6 Å². The van der Waals surface area contributed by atoms with Gasteiger partial charge in [0.2, 0.25) is 0 Å². The van der Waals surface area contributed by atoms with E-state index in [1.165, 1.54) is 24.3 Å². The summed E-state index contributed by atoms with van der Waals surface area (Å²) in [7, 11) is 0. The van der Waals surface area contributed by atoms with Crippen LogP contribution in [0.3, 0.4) is 0 Å². The van der Waals surface area contributed by atoms with Crippen LogP contribution in [-0.4, -0.2) is 9.85 Å². The first-order chi connectivity index (χ1) is 11.6. The number of hydrogen-bond acceptors (Lipinski definition) is 6. The zero-order chi connectivity index (χ0) is 18.8. The highest BCUT2D eigenvalue weighted by molar-refractivity contribution is 5.76. The van der Waals surface area contributed by atoms with Crippen LogP contribution >= 0.6 is 0 Å². The maximum absolute atomic E-state index is 13.2. The van der Waals surface area contributed by atoms with Gasteiger partial charge in [-0.2, -0.15) is 18.4 Å². The van der Waals surface area contributed by atoms with Crippen LogP contribution in [0.2, 0.25) is 0 Å². The van der Waals surface area contributed by atoms with E-state index in [1.54, 1.807) is 0 Å². The Kier molecular flexibility index (Phi) is 4.55.